The summed E-state index contributed by atoms with van der Waals surface area (Å²) in [6.45, 7) is 2.87. The highest BCUT2D eigenvalue weighted by Crippen LogP contribution is 2.16. The fourth-order valence-electron chi connectivity index (χ4n) is 2.62. The van der Waals surface area contributed by atoms with Crippen molar-refractivity contribution in [2.75, 3.05) is 0 Å². The second-order valence-corrected chi connectivity index (χ2v) is 5.89. The van der Waals surface area contributed by atoms with Gasteiger partial charge in [0.1, 0.15) is 11.6 Å². The Hall–Kier alpha value is -1.69. The summed E-state index contributed by atoms with van der Waals surface area (Å²) in [6, 6.07) is 2.19. The second kappa shape index (κ2) is 5.75. The van der Waals surface area contributed by atoms with Crippen molar-refractivity contribution >= 4 is 17.2 Å². The predicted octanol–water partition coefficient (Wildman–Crippen LogP) is 1.58. The number of aryl methyl sites for hydroxylation is 2. The van der Waals surface area contributed by atoms with Gasteiger partial charge >= 0.3 is 0 Å². The zero-order valence-electron chi connectivity index (χ0n) is 11.5. The Morgan fingerprint density at radius 1 is 1.55 bits per heavy atom. The van der Waals surface area contributed by atoms with Crippen LogP contribution in [0.3, 0.4) is 0 Å². The number of carbonyl (C=O) groups is 1. The maximum atomic E-state index is 12.0. The van der Waals surface area contributed by atoms with Crippen LogP contribution in [0.5, 0.6) is 0 Å². The highest BCUT2D eigenvalue weighted by Gasteiger charge is 2.23. The molecule has 20 heavy (non-hydrogen) atoms. The van der Waals surface area contributed by atoms with E-state index in [-0.39, 0.29) is 11.9 Å². The maximum Gasteiger partial charge on any atom is 0.224 e. The third-order valence-electron chi connectivity index (χ3n) is 3.65. The molecular weight excluding hydrogens is 272 g/mol. The van der Waals surface area contributed by atoms with E-state index in [4.69, 9.17) is 0 Å². The minimum Gasteiger partial charge on any atom is -0.351 e. The van der Waals surface area contributed by atoms with Crippen molar-refractivity contribution in [3.63, 3.8) is 0 Å². The molecular formula is C14H18N4OS. The summed E-state index contributed by atoms with van der Waals surface area (Å²) in [4.78, 5) is 12.0. The lowest BCUT2D eigenvalue weighted by atomic mass is 10.1. The molecule has 0 radical (unpaired) electrons. The van der Waals surface area contributed by atoms with Crippen LogP contribution in [0.1, 0.15) is 30.6 Å². The monoisotopic (exact) mass is 290 g/mol. The minimum absolute atomic E-state index is 0.1000. The van der Waals surface area contributed by atoms with E-state index in [9.17, 15) is 4.79 Å². The molecule has 106 valence electrons. The zero-order chi connectivity index (χ0) is 13.9. The van der Waals surface area contributed by atoms with Crippen LogP contribution in [-0.2, 0) is 30.6 Å². The van der Waals surface area contributed by atoms with E-state index >= 15 is 0 Å². The van der Waals surface area contributed by atoms with E-state index < -0.39 is 0 Å². The molecule has 0 saturated heterocycles. The maximum absolute atomic E-state index is 12.0. The van der Waals surface area contributed by atoms with Crippen LogP contribution in [0.2, 0.25) is 0 Å². The highest BCUT2D eigenvalue weighted by atomic mass is 32.1. The average Bonchev–Trinajstić information content (AvgIpc) is 3.07. The van der Waals surface area contributed by atoms with Crippen LogP contribution in [0.15, 0.2) is 16.8 Å². The van der Waals surface area contributed by atoms with Gasteiger partial charge in [-0.3, -0.25) is 4.79 Å². The molecule has 0 aromatic carbocycles. The number of nitrogens with one attached hydrogen (secondary N) is 1. The zero-order valence-corrected chi connectivity index (χ0v) is 12.3. The van der Waals surface area contributed by atoms with Crippen molar-refractivity contribution in [2.45, 2.75) is 45.2 Å². The standard InChI is InChI=1S/C14H18N4OS/c1-2-12-16-17-13-4-3-11(8-18(12)13)15-14(19)7-10-5-6-20-9-10/h5-6,9,11H,2-4,7-8H2,1H3,(H,15,19)/t11-/m0/s1. The smallest absolute Gasteiger partial charge is 0.224 e. The molecule has 0 bridgehead atoms. The Balaban J connectivity index is 1.61. The van der Waals surface area contributed by atoms with Crippen LogP contribution in [-0.4, -0.2) is 26.7 Å². The number of hydrogen-bond donors (Lipinski definition) is 1. The number of fused-ring (bicyclic) bond motifs is 1. The molecule has 3 heterocycles. The first-order valence-corrected chi connectivity index (χ1v) is 7.92. The third-order valence-corrected chi connectivity index (χ3v) is 4.38. The molecule has 0 aliphatic carbocycles. The van der Waals surface area contributed by atoms with Crippen molar-refractivity contribution < 1.29 is 4.79 Å². The first kappa shape index (κ1) is 13.3. The molecule has 1 atom stereocenters. The fourth-order valence-corrected chi connectivity index (χ4v) is 3.29. The number of hydrogen-bond acceptors (Lipinski definition) is 4. The van der Waals surface area contributed by atoms with Crippen LogP contribution in [0.25, 0.3) is 0 Å². The summed E-state index contributed by atoms with van der Waals surface area (Å²) in [6.07, 6.45) is 3.17. The molecule has 2 aromatic heterocycles. The molecule has 3 rings (SSSR count). The number of aromatic nitrogens is 3. The number of rotatable bonds is 4. The van der Waals surface area contributed by atoms with E-state index in [1.807, 2.05) is 16.8 Å². The molecule has 1 amide bonds. The summed E-state index contributed by atoms with van der Waals surface area (Å²) >= 11 is 1.62. The van der Waals surface area contributed by atoms with E-state index in [0.717, 1.165) is 43.0 Å². The number of nitrogens with zero attached hydrogens (tertiary/aromatic N) is 3. The van der Waals surface area contributed by atoms with Gasteiger partial charge in [0.05, 0.1) is 6.42 Å². The Morgan fingerprint density at radius 3 is 3.20 bits per heavy atom. The van der Waals surface area contributed by atoms with Crippen LogP contribution in [0, 0.1) is 0 Å². The quantitative estimate of drug-likeness (QED) is 0.930. The lowest BCUT2D eigenvalue weighted by Gasteiger charge is -2.25. The summed E-state index contributed by atoms with van der Waals surface area (Å²) in [5.74, 6) is 2.16. The van der Waals surface area contributed by atoms with Gasteiger partial charge in [-0.05, 0) is 28.8 Å². The molecule has 1 N–H and O–H groups in total. The average molecular weight is 290 g/mol. The topological polar surface area (TPSA) is 59.8 Å². The molecule has 0 saturated carbocycles. The van der Waals surface area contributed by atoms with Gasteiger partial charge in [0.2, 0.25) is 5.91 Å². The van der Waals surface area contributed by atoms with Crippen molar-refractivity contribution in [2.24, 2.45) is 0 Å². The SMILES string of the molecule is CCc1nnc2n1C[C@@H](NC(=O)Cc1ccsc1)CC2. The lowest BCUT2D eigenvalue weighted by molar-refractivity contribution is -0.121. The van der Waals surface area contributed by atoms with Crippen LogP contribution >= 0.6 is 11.3 Å². The van der Waals surface area contributed by atoms with E-state index in [1.165, 1.54) is 0 Å². The normalized spacial score (nSPS) is 17.8. The van der Waals surface area contributed by atoms with E-state index in [1.54, 1.807) is 11.3 Å². The van der Waals surface area contributed by atoms with Gasteiger partial charge in [0.15, 0.2) is 0 Å². The summed E-state index contributed by atoms with van der Waals surface area (Å²) < 4.78 is 2.15. The summed E-state index contributed by atoms with van der Waals surface area (Å²) in [5.41, 5.74) is 1.09. The third kappa shape index (κ3) is 2.75. The van der Waals surface area contributed by atoms with Crippen molar-refractivity contribution in [3.8, 4) is 0 Å². The van der Waals surface area contributed by atoms with Gasteiger partial charge in [-0.15, -0.1) is 10.2 Å². The first-order valence-electron chi connectivity index (χ1n) is 6.97. The van der Waals surface area contributed by atoms with Gasteiger partial charge in [-0.2, -0.15) is 11.3 Å². The van der Waals surface area contributed by atoms with Gasteiger partial charge in [-0.1, -0.05) is 6.92 Å². The Labute approximate surface area is 122 Å². The Kier molecular flexibility index (Phi) is 3.82. The molecule has 1 aliphatic heterocycles. The molecule has 2 aromatic rings. The molecule has 6 heteroatoms. The van der Waals surface area contributed by atoms with Crippen molar-refractivity contribution in [1.82, 2.24) is 20.1 Å². The van der Waals surface area contributed by atoms with Crippen molar-refractivity contribution in [3.05, 3.63) is 34.0 Å². The first-order chi connectivity index (χ1) is 9.76. The van der Waals surface area contributed by atoms with E-state index in [2.05, 4.69) is 27.0 Å². The lowest BCUT2D eigenvalue weighted by Crippen LogP contribution is -2.42. The molecule has 1 aliphatic rings. The van der Waals surface area contributed by atoms with E-state index in [0.29, 0.717) is 6.42 Å². The number of thiophene rings is 1. The van der Waals surface area contributed by atoms with Crippen LogP contribution in [0.4, 0.5) is 0 Å². The fraction of sp³-hybridized carbons (Fsp3) is 0.500. The van der Waals surface area contributed by atoms with Crippen molar-refractivity contribution in [1.29, 1.82) is 0 Å². The predicted molar refractivity (Wildman–Crippen MR) is 77.7 cm³/mol. The Morgan fingerprint density at radius 2 is 2.45 bits per heavy atom. The molecule has 0 spiro atoms. The molecule has 5 nitrogen and oxygen atoms in total. The van der Waals surface area contributed by atoms with Gasteiger partial charge < -0.3 is 9.88 Å². The molecule has 0 fully saturated rings. The minimum atomic E-state index is 0.1000. The van der Waals surface area contributed by atoms with Gasteiger partial charge in [-0.25, -0.2) is 0 Å². The summed E-state index contributed by atoms with van der Waals surface area (Å²) in [5, 5.41) is 15.5. The van der Waals surface area contributed by atoms with Gasteiger partial charge in [0.25, 0.3) is 0 Å². The molecule has 0 unspecified atom stereocenters. The largest absolute Gasteiger partial charge is 0.351 e. The highest BCUT2D eigenvalue weighted by molar-refractivity contribution is 7.07. The summed E-state index contributed by atoms with van der Waals surface area (Å²) in [7, 11) is 0. The number of carbonyl (C=O) groups excluding carboxylic acids is 1. The van der Waals surface area contributed by atoms with Gasteiger partial charge in [0, 0.05) is 25.4 Å². The number of amides is 1. The Bertz CT molecular complexity index is 577. The second-order valence-electron chi connectivity index (χ2n) is 5.11. The van der Waals surface area contributed by atoms with Crippen LogP contribution < -0.4 is 5.32 Å².